The lowest BCUT2D eigenvalue weighted by Gasteiger charge is -2.26. The molecule has 0 bridgehead atoms. The van der Waals surface area contributed by atoms with Gasteiger partial charge in [-0.2, -0.15) is 0 Å². The Balaban J connectivity index is 1.54. The zero-order valence-corrected chi connectivity index (χ0v) is 11.8. The highest BCUT2D eigenvalue weighted by Crippen LogP contribution is 2.30. The van der Waals surface area contributed by atoms with Gasteiger partial charge in [-0.3, -0.25) is 0 Å². The fourth-order valence-electron chi connectivity index (χ4n) is 2.91. The van der Waals surface area contributed by atoms with Crippen molar-refractivity contribution in [2.24, 2.45) is 5.92 Å². The van der Waals surface area contributed by atoms with Gasteiger partial charge >= 0.3 is 0 Å². The average Bonchev–Trinajstić information content (AvgIpc) is 2.96. The van der Waals surface area contributed by atoms with Crippen LogP contribution in [-0.2, 0) is 0 Å². The van der Waals surface area contributed by atoms with Crippen LogP contribution < -0.4 is 5.32 Å². The van der Waals surface area contributed by atoms with Gasteiger partial charge in [-0.1, -0.05) is 12.8 Å². The summed E-state index contributed by atoms with van der Waals surface area (Å²) in [6.45, 7) is 8.53. The number of nitrogens with one attached hydrogen (secondary N) is 1. The fourth-order valence-corrected chi connectivity index (χ4v) is 2.91. The normalized spacial score (nSPS) is 21.9. The molecule has 1 N–H and O–H groups in total. The van der Waals surface area contributed by atoms with Gasteiger partial charge in [-0.15, -0.1) is 0 Å². The molecule has 0 aromatic heterocycles. The Labute approximate surface area is 107 Å². The smallest absolute Gasteiger partial charge is 0.00670 e. The molecule has 0 aliphatic heterocycles. The fraction of sp³-hybridized carbons (Fsp3) is 1.00. The summed E-state index contributed by atoms with van der Waals surface area (Å²) in [5, 5.41) is 3.72. The van der Waals surface area contributed by atoms with Gasteiger partial charge in [0.1, 0.15) is 0 Å². The van der Waals surface area contributed by atoms with E-state index in [-0.39, 0.29) is 0 Å². The third-order valence-electron chi connectivity index (χ3n) is 4.33. The minimum Gasteiger partial charge on any atom is -0.314 e. The van der Waals surface area contributed by atoms with Crippen LogP contribution in [0.3, 0.4) is 0 Å². The molecule has 0 heterocycles. The van der Waals surface area contributed by atoms with E-state index in [2.05, 4.69) is 24.1 Å². The molecule has 0 radical (unpaired) electrons. The second-order valence-corrected chi connectivity index (χ2v) is 6.32. The van der Waals surface area contributed by atoms with Crippen LogP contribution >= 0.6 is 0 Å². The molecule has 2 rings (SSSR count). The number of hydrogen-bond donors (Lipinski definition) is 1. The molecule has 0 atom stereocenters. The van der Waals surface area contributed by atoms with E-state index in [0.29, 0.717) is 0 Å². The Hall–Kier alpha value is -0.0800. The van der Waals surface area contributed by atoms with Gasteiger partial charge in [0.15, 0.2) is 0 Å². The average molecular weight is 238 g/mol. The van der Waals surface area contributed by atoms with Crippen LogP contribution in [0.4, 0.5) is 0 Å². The van der Waals surface area contributed by atoms with Crippen molar-refractivity contribution >= 4 is 0 Å². The zero-order chi connectivity index (χ0) is 12.1. The van der Waals surface area contributed by atoms with E-state index in [1.807, 2.05) is 0 Å². The maximum atomic E-state index is 3.72. The highest BCUT2D eigenvalue weighted by molar-refractivity contribution is 4.79. The molecule has 0 unspecified atom stereocenters. The molecule has 2 aliphatic rings. The molecule has 0 aromatic carbocycles. The summed E-state index contributed by atoms with van der Waals surface area (Å²) in [6, 6.07) is 1.56. The molecule has 0 aromatic rings. The summed E-state index contributed by atoms with van der Waals surface area (Å²) in [4.78, 5) is 2.67. The van der Waals surface area contributed by atoms with Crippen molar-refractivity contribution in [3.05, 3.63) is 0 Å². The van der Waals surface area contributed by atoms with E-state index in [1.165, 1.54) is 64.6 Å². The molecule has 0 spiro atoms. The van der Waals surface area contributed by atoms with Gasteiger partial charge in [0.05, 0.1) is 0 Å². The molecule has 2 nitrogen and oxygen atoms in total. The van der Waals surface area contributed by atoms with E-state index >= 15 is 0 Å². The molecule has 100 valence electrons. The van der Waals surface area contributed by atoms with Crippen molar-refractivity contribution < 1.29 is 0 Å². The van der Waals surface area contributed by atoms with Crippen LogP contribution in [0.1, 0.15) is 58.8 Å². The van der Waals surface area contributed by atoms with Crippen LogP contribution in [0, 0.1) is 5.92 Å². The van der Waals surface area contributed by atoms with Crippen LogP contribution in [0.2, 0.25) is 0 Å². The lowest BCUT2D eigenvalue weighted by atomic mass is 10.2. The Bertz CT molecular complexity index is 205. The zero-order valence-electron chi connectivity index (χ0n) is 11.8. The first-order valence-corrected chi connectivity index (χ1v) is 7.73. The van der Waals surface area contributed by atoms with Gasteiger partial charge in [-0.25, -0.2) is 0 Å². The maximum Gasteiger partial charge on any atom is 0.00670 e. The third kappa shape index (κ3) is 4.97. The highest BCUT2D eigenvalue weighted by Gasteiger charge is 2.25. The summed E-state index contributed by atoms with van der Waals surface area (Å²) < 4.78 is 0. The lowest BCUT2D eigenvalue weighted by Crippen LogP contribution is -2.36. The van der Waals surface area contributed by atoms with Crippen molar-refractivity contribution in [3.8, 4) is 0 Å². The van der Waals surface area contributed by atoms with Gasteiger partial charge in [0, 0.05) is 18.6 Å². The van der Waals surface area contributed by atoms with Gasteiger partial charge in [-0.05, 0) is 65.0 Å². The molecule has 2 heteroatoms. The Morgan fingerprint density at radius 2 is 1.82 bits per heavy atom. The van der Waals surface area contributed by atoms with E-state index in [1.54, 1.807) is 0 Å². The summed E-state index contributed by atoms with van der Waals surface area (Å²) in [6.07, 6.45) is 9.98. The second kappa shape index (κ2) is 6.75. The summed E-state index contributed by atoms with van der Waals surface area (Å²) >= 11 is 0. The molecule has 0 amide bonds. The van der Waals surface area contributed by atoms with E-state index in [0.717, 1.165) is 18.0 Å². The van der Waals surface area contributed by atoms with E-state index in [4.69, 9.17) is 0 Å². The largest absolute Gasteiger partial charge is 0.314 e. The minimum atomic E-state index is 0.724. The predicted octanol–water partition coefficient (Wildman–Crippen LogP) is 3.03. The minimum absolute atomic E-state index is 0.724. The molecule has 2 fully saturated rings. The molecule has 17 heavy (non-hydrogen) atoms. The number of nitrogens with zero attached hydrogens (tertiary/aromatic N) is 1. The van der Waals surface area contributed by atoms with Crippen LogP contribution in [0.25, 0.3) is 0 Å². The Morgan fingerprint density at radius 1 is 1.12 bits per heavy atom. The quantitative estimate of drug-likeness (QED) is 0.654. The third-order valence-corrected chi connectivity index (χ3v) is 4.33. The lowest BCUT2D eigenvalue weighted by molar-refractivity contribution is 0.208. The molecule has 2 aliphatic carbocycles. The second-order valence-electron chi connectivity index (χ2n) is 6.32. The summed E-state index contributed by atoms with van der Waals surface area (Å²) in [5.74, 6) is 1.03. The van der Waals surface area contributed by atoms with Crippen LogP contribution in [0.15, 0.2) is 0 Å². The number of rotatable bonds is 8. The highest BCUT2D eigenvalue weighted by atomic mass is 15.1. The van der Waals surface area contributed by atoms with Crippen molar-refractivity contribution in [1.29, 1.82) is 0 Å². The predicted molar refractivity (Wildman–Crippen MR) is 74.3 cm³/mol. The van der Waals surface area contributed by atoms with Gasteiger partial charge < -0.3 is 10.2 Å². The van der Waals surface area contributed by atoms with Crippen LogP contribution in [0.5, 0.6) is 0 Å². The SMILES string of the molecule is CC(C)N(CCCNC1CCCC1)CC1CC1. The first kappa shape index (κ1) is 13.4. The van der Waals surface area contributed by atoms with Crippen molar-refractivity contribution in [1.82, 2.24) is 10.2 Å². The van der Waals surface area contributed by atoms with Gasteiger partial charge in [0.25, 0.3) is 0 Å². The Kier molecular flexibility index (Phi) is 5.30. The standard InChI is InChI=1S/C15H30N2/c1-13(2)17(12-14-8-9-14)11-5-10-16-15-6-3-4-7-15/h13-16H,3-12H2,1-2H3. The van der Waals surface area contributed by atoms with E-state index < -0.39 is 0 Å². The number of hydrogen-bond acceptors (Lipinski definition) is 2. The van der Waals surface area contributed by atoms with Gasteiger partial charge in [0.2, 0.25) is 0 Å². The van der Waals surface area contributed by atoms with Crippen molar-refractivity contribution in [2.75, 3.05) is 19.6 Å². The molecular weight excluding hydrogens is 208 g/mol. The molecule has 0 saturated heterocycles. The maximum absolute atomic E-state index is 3.72. The first-order valence-electron chi connectivity index (χ1n) is 7.73. The van der Waals surface area contributed by atoms with Crippen molar-refractivity contribution in [3.63, 3.8) is 0 Å². The molecular formula is C15H30N2. The topological polar surface area (TPSA) is 15.3 Å². The summed E-state index contributed by atoms with van der Waals surface area (Å²) in [7, 11) is 0. The molecule has 2 saturated carbocycles. The summed E-state index contributed by atoms with van der Waals surface area (Å²) in [5.41, 5.74) is 0. The van der Waals surface area contributed by atoms with E-state index in [9.17, 15) is 0 Å². The van der Waals surface area contributed by atoms with Crippen molar-refractivity contribution in [2.45, 2.75) is 70.9 Å². The monoisotopic (exact) mass is 238 g/mol. The first-order chi connectivity index (χ1) is 8.25. The van der Waals surface area contributed by atoms with Crippen LogP contribution in [-0.4, -0.2) is 36.6 Å². The Morgan fingerprint density at radius 3 is 2.41 bits per heavy atom.